The zero-order valence-electron chi connectivity index (χ0n) is 11.8. The lowest BCUT2D eigenvalue weighted by atomic mass is 10.2. The predicted octanol–water partition coefficient (Wildman–Crippen LogP) is 4.34. The number of nitro groups is 1. The number of nitro benzene ring substituents is 1. The first-order valence-corrected chi connectivity index (χ1v) is 7.14. The van der Waals surface area contributed by atoms with E-state index in [4.69, 9.17) is 23.2 Å². The molecule has 0 spiro atoms. The van der Waals surface area contributed by atoms with Gasteiger partial charge in [-0.05, 0) is 31.2 Å². The van der Waals surface area contributed by atoms with Crippen LogP contribution >= 0.6 is 23.2 Å². The number of amides is 1. The summed E-state index contributed by atoms with van der Waals surface area (Å²) in [5.74, 6) is -0.350. The first kappa shape index (κ1) is 17.9. The van der Waals surface area contributed by atoms with Gasteiger partial charge in [0.05, 0.1) is 4.92 Å². The first-order valence-electron chi connectivity index (χ1n) is 6.38. The fourth-order valence-corrected chi connectivity index (χ4v) is 1.80. The number of nitrogens with one attached hydrogen (secondary N) is 1. The Bertz CT molecular complexity index is 648. The summed E-state index contributed by atoms with van der Waals surface area (Å²) in [5.41, 5.74) is -0.0339. The van der Waals surface area contributed by atoms with Crippen molar-refractivity contribution in [2.75, 3.05) is 6.54 Å². The molecule has 2 aromatic rings. The van der Waals surface area contributed by atoms with E-state index in [-0.39, 0.29) is 22.2 Å². The summed E-state index contributed by atoms with van der Waals surface area (Å²) in [7, 11) is 0. The Morgan fingerprint density at radius 3 is 2.27 bits per heavy atom. The lowest BCUT2D eigenvalue weighted by Gasteiger charge is -2.02. The third kappa shape index (κ3) is 5.71. The van der Waals surface area contributed by atoms with E-state index in [1.165, 1.54) is 12.1 Å². The monoisotopic (exact) mass is 340 g/mol. The van der Waals surface area contributed by atoms with Crippen molar-refractivity contribution in [1.82, 2.24) is 5.32 Å². The van der Waals surface area contributed by atoms with Gasteiger partial charge in [0.1, 0.15) is 5.02 Å². The van der Waals surface area contributed by atoms with Gasteiger partial charge in [-0.3, -0.25) is 14.9 Å². The maximum absolute atomic E-state index is 11.4. The predicted molar refractivity (Wildman–Crippen MR) is 87.6 cm³/mol. The molecule has 0 unspecified atom stereocenters. The molecule has 0 radical (unpaired) electrons. The summed E-state index contributed by atoms with van der Waals surface area (Å²) < 4.78 is 0. The number of nitrogens with zero attached hydrogens (tertiary/aromatic N) is 1. The Morgan fingerprint density at radius 2 is 1.82 bits per heavy atom. The molecular formula is C15H14Cl2N2O3. The van der Waals surface area contributed by atoms with E-state index in [0.717, 1.165) is 11.1 Å². The van der Waals surface area contributed by atoms with Gasteiger partial charge in [-0.2, -0.15) is 0 Å². The fraction of sp³-hybridized carbons (Fsp3) is 0.133. The molecule has 1 amide bonds. The normalized spacial score (nSPS) is 9.41. The van der Waals surface area contributed by atoms with Gasteiger partial charge in [0.25, 0.3) is 11.6 Å². The summed E-state index contributed by atoms with van der Waals surface area (Å²) in [6.45, 7) is 2.23. The molecule has 1 N–H and O–H groups in total. The molecule has 0 fully saturated rings. The maximum atomic E-state index is 11.4. The van der Waals surface area contributed by atoms with Crippen LogP contribution in [0.5, 0.6) is 0 Å². The van der Waals surface area contributed by atoms with Crippen LogP contribution in [-0.4, -0.2) is 17.4 Å². The molecule has 0 atom stereocenters. The van der Waals surface area contributed by atoms with Gasteiger partial charge >= 0.3 is 0 Å². The fourth-order valence-electron chi connectivity index (χ4n) is 1.47. The van der Waals surface area contributed by atoms with Gasteiger partial charge < -0.3 is 5.32 Å². The minimum Gasteiger partial charge on any atom is -0.352 e. The Morgan fingerprint density at radius 1 is 1.18 bits per heavy atom. The van der Waals surface area contributed by atoms with Gasteiger partial charge in [0.2, 0.25) is 0 Å². The van der Waals surface area contributed by atoms with Crippen LogP contribution in [0.2, 0.25) is 10.0 Å². The van der Waals surface area contributed by atoms with Gasteiger partial charge in [0, 0.05) is 23.2 Å². The quantitative estimate of drug-likeness (QED) is 0.667. The van der Waals surface area contributed by atoms with E-state index in [9.17, 15) is 14.9 Å². The number of hydrogen-bond acceptors (Lipinski definition) is 3. The zero-order valence-corrected chi connectivity index (χ0v) is 13.3. The number of hydrogen-bond donors (Lipinski definition) is 1. The molecule has 5 nitrogen and oxygen atoms in total. The molecule has 2 rings (SSSR count). The van der Waals surface area contributed by atoms with Crippen molar-refractivity contribution >= 4 is 34.8 Å². The summed E-state index contributed by atoms with van der Waals surface area (Å²) >= 11 is 11.1. The molecule has 0 saturated heterocycles. The Balaban J connectivity index is 0.000000287. The van der Waals surface area contributed by atoms with Gasteiger partial charge in [0.15, 0.2) is 0 Å². The van der Waals surface area contributed by atoms with Crippen molar-refractivity contribution in [2.24, 2.45) is 0 Å². The molecule has 0 aliphatic rings. The molecule has 0 bridgehead atoms. The van der Waals surface area contributed by atoms with Crippen LogP contribution < -0.4 is 5.32 Å². The van der Waals surface area contributed by atoms with E-state index in [1.54, 1.807) is 6.92 Å². The standard InChI is InChI=1S/C9H9ClN2O3.C6H5Cl/c1-2-11-9(13)6-3-4-7(10)8(5-6)12(14)15;7-6-4-2-1-3-5-6/h3-5H,2H2,1H3,(H,11,13);1-5H. The van der Waals surface area contributed by atoms with Crippen LogP contribution in [0.1, 0.15) is 17.3 Å². The number of carbonyl (C=O) groups is 1. The van der Waals surface area contributed by atoms with Crippen LogP contribution in [0, 0.1) is 10.1 Å². The van der Waals surface area contributed by atoms with Crippen LogP contribution in [0.3, 0.4) is 0 Å². The average Bonchev–Trinajstić information content (AvgIpc) is 2.49. The van der Waals surface area contributed by atoms with Gasteiger partial charge in [-0.1, -0.05) is 41.4 Å². The minimum atomic E-state index is -0.620. The number of halogens is 2. The third-order valence-corrected chi connectivity index (χ3v) is 3.05. The lowest BCUT2D eigenvalue weighted by Crippen LogP contribution is -2.22. The Labute approximate surface area is 138 Å². The molecule has 0 aliphatic carbocycles. The van der Waals surface area contributed by atoms with E-state index in [2.05, 4.69) is 5.32 Å². The second kappa shape index (κ2) is 9.02. The van der Waals surface area contributed by atoms with Crippen molar-refractivity contribution in [3.8, 4) is 0 Å². The maximum Gasteiger partial charge on any atom is 0.288 e. The highest BCUT2D eigenvalue weighted by Crippen LogP contribution is 2.24. The van der Waals surface area contributed by atoms with Crippen molar-refractivity contribution in [2.45, 2.75) is 6.92 Å². The van der Waals surface area contributed by atoms with Crippen molar-refractivity contribution < 1.29 is 9.72 Å². The smallest absolute Gasteiger partial charge is 0.288 e. The summed E-state index contributed by atoms with van der Waals surface area (Å²) in [6, 6.07) is 13.4. The zero-order chi connectivity index (χ0) is 16.5. The van der Waals surface area contributed by atoms with E-state index < -0.39 is 4.92 Å². The molecule has 0 aromatic heterocycles. The number of benzene rings is 2. The molecule has 116 valence electrons. The van der Waals surface area contributed by atoms with E-state index >= 15 is 0 Å². The van der Waals surface area contributed by atoms with Crippen LogP contribution in [0.25, 0.3) is 0 Å². The molecule has 0 heterocycles. The molecule has 0 saturated carbocycles. The summed E-state index contributed by atoms with van der Waals surface area (Å²) in [5, 5.41) is 13.9. The van der Waals surface area contributed by atoms with E-state index in [0.29, 0.717) is 6.54 Å². The first-order chi connectivity index (χ1) is 10.5. The third-order valence-electron chi connectivity index (χ3n) is 2.48. The molecular weight excluding hydrogens is 327 g/mol. The molecule has 22 heavy (non-hydrogen) atoms. The highest BCUT2D eigenvalue weighted by Gasteiger charge is 2.15. The average molecular weight is 341 g/mol. The second-order valence-electron chi connectivity index (χ2n) is 4.08. The van der Waals surface area contributed by atoms with E-state index in [1.807, 2.05) is 30.3 Å². The second-order valence-corrected chi connectivity index (χ2v) is 4.92. The molecule has 0 aliphatic heterocycles. The summed E-state index contributed by atoms with van der Waals surface area (Å²) in [4.78, 5) is 21.3. The topological polar surface area (TPSA) is 72.2 Å². The minimum absolute atomic E-state index is 0.0213. The number of rotatable bonds is 3. The number of carbonyl (C=O) groups excluding carboxylic acids is 1. The highest BCUT2D eigenvalue weighted by molar-refractivity contribution is 6.32. The van der Waals surface area contributed by atoms with Crippen molar-refractivity contribution in [1.29, 1.82) is 0 Å². The van der Waals surface area contributed by atoms with Crippen molar-refractivity contribution in [3.05, 3.63) is 74.3 Å². The largest absolute Gasteiger partial charge is 0.352 e. The van der Waals surface area contributed by atoms with Crippen molar-refractivity contribution in [3.63, 3.8) is 0 Å². The van der Waals surface area contributed by atoms with Crippen LogP contribution in [-0.2, 0) is 0 Å². The Kier molecular flexibility index (Phi) is 7.36. The highest BCUT2D eigenvalue weighted by atomic mass is 35.5. The lowest BCUT2D eigenvalue weighted by molar-refractivity contribution is -0.384. The Hall–Kier alpha value is -2.11. The molecule has 7 heteroatoms. The molecule has 2 aromatic carbocycles. The van der Waals surface area contributed by atoms with Gasteiger partial charge in [-0.15, -0.1) is 0 Å². The summed E-state index contributed by atoms with van der Waals surface area (Å²) in [6.07, 6.45) is 0. The SMILES string of the molecule is CCNC(=O)c1ccc(Cl)c([N+](=O)[O-])c1.Clc1ccccc1. The van der Waals surface area contributed by atoms with Gasteiger partial charge in [-0.25, -0.2) is 0 Å². The van der Waals surface area contributed by atoms with Crippen LogP contribution in [0.15, 0.2) is 48.5 Å². The van der Waals surface area contributed by atoms with Crippen LogP contribution in [0.4, 0.5) is 5.69 Å².